The van der Waals surface area contributed by atoms with E-state index in [1.54, 1.807) is 37.7 Å². The SMILES string of the molecule is CC1(C)CN(C(=O)Cc2csc(-c3ncccn3)n2)c2cc(C(F)(F)F)ccc2O1. The highest BCUT2D eigenvalue weighted by Gasteiger charge is 2.38. The molecule has 0 bridgehead atoms. The highest BCUT2D eigenvalue weighted by molar-refractivity contribution is 7.13. The zero-order valence-corrected chi connectivity index (χ0v) is 16.9. The Bertz CT molecular complexity index is 1080. The standard InChI is InChI=1S/C20H17F3N4O2S/c1-19(2)11-27(14-8-12(20(21,22)23)4-5-15(14)29-19)16(28)9-13-10-30-18(26-13)17-24-6-3-7-25-17/h3-8,10H,9,11H2,1-2H3. The molecule has 2 aromatic heterocycles. The molecule has 4 rings (SSSR count). The van der Waals surface area contributed by atoms with Crippen LogP contribution in [0.15, 0.2) is 42.0 Å². The number of nitrogens with zero attached hydrogens (tertiary/aromatic N) is 4. The first-order chi connectivity index (χ1) is 14.1. The molecule has 156 valence electrons. The van der Waals surface area contributed by atoms with Gasteiger partial charge in [0, 0.05) is 17.8 Å². The maximum atomic E-state index is 13.2. The molecule has 0 saturated heterocycles. The Hall–Kier alpha value is -3.01. The summed E-state index contributed by atoms with van der Waals surface area (Å²) < 4.78 is 45.3. The Labute approximate surface area is 174 Å². The zero-order valence-electron chi connectivity index (χ0n) is 16.1. The van der Waals surface area contributed by atoms with Crippen LogP contribution in [0.25, 0.3) is 10.8 Å². The van der Waals surface area contributed by atoms with E-state index in [1.165, 1.54) is 22.3 Å². The minimum atomic E-state index is -4.52. The molecule has 0 spiro atoms. The van der Waals surface area contributed by atoms with E-state index in [-0.39, 0.29) is 30.3 Å². The smallest absolute Gasteiger partial charge is 0.416 e. The third-order valence-electron chi connectivity index (χ3n) is 4.44. The number of hydrogen-bond donors (Lipinski definition) is 0. The Kier molecular flexibility index (Phi) is 4.97. The molecule has 1 aromatic carbocycles. The first-order valence-corrected chi connectivity index (χ1v) is 9.93. The quantitative estimate of drug-likeness (QED) is 0.613. The number of rotatable bonds is 3. The minimum Gasteiger partial charge on any atom is -0.484 e. The number of carbonyl (C=O) groups is 1. The first-order valence-electron chi connectivity index (χ1n) is 9.05. The van der Waals surface area contributed by atoms with E-state index in [1.807, 2.05) is 0 Å². The number of amides is 1. The number of halogens is 3. The second kappa shape index (κ2) is 7.35. The van der Waals surface area contributed by atoms with Gasteiger partial charge in [-0.25, -0.2) is 15.0 Å². The molecule has 0 fully saturated rings. The summed E-state index contributed by atoms with van der Waals surface area (Å²) in [5.74, 6) is 0.330. The van der Waals surface area contributed by atoms with Crippen LogP contribution in [0.5, 0.6) is 5.75 Å². The van der Waals surface area contributed by atoms with Crippen LogP contribution in [0.4, 0.5) is 18.9 Å². The van der Waals surface area contributed by atoms with Crippen molar-refractivity contribution in [3.05, 3.63) is 53.3 Å². The normalized spacial score (nSPS) is 15.4. The molecule has 1 aliphatic heterocycles. The topological polar surface area (TPSA) is 68.2 Å². The Morgan fingerprint density at radius 1 is 1.27 bits per heavy atom. The Morgan fingerprint density at radius 3 is 2.70 bits per heavy atom. The monoisotopic (exact) mass is 434 g/mol. The molecule has 0 atom stereocenters. The predicted molar refractivity (Wildman–Crippen MR) is 105 cm³/mol. The summed E-state index contributed by atoms with van der Waals surface area (Å²) in [6.45, 7) is 3.68. The second-order valence-electron chi connectivity index (χ2n) is 7.42. The lowest BCUT2D eigenvalue weighted by Gasteiger charge is -2.40. The number of hydrogen-bond acceptors (Lipinski definition) is 6. The van der Waals surface area contributed by atoms with E-state index in [2.05, 4.69) is 15.0 Å². The zero-order chi connectivity index (χ0) is 21.5. The van der Waals surface area contributed by atoms with Crippen molar-refractivity contribution in [3.8, 4) is 16.6 Å². The van der Waals surface area contributed by atoms with E-state index in [0.29, 0.717) is 16.5 Å². The van der Waals surface area contributed by atoms with Gasteiger partial charge in [0.2, 0.25) is 5.91 Å². The van der Waals surface area contributed by atoms with Crippen LogP contribution in [0.2, 0.25) is 0 Å². The minimum absolute atomic E-state index is 0.0604. The van der Waals surface area contributed by atoms with Crippen LogP contribution in [0.1, 0.15) is 25.1 Å². The molecule has 0 saturated carbocycles. The third-order valence-corrected chi connectivity index (χ3v) is 5.33. The summed E-state index contributed by atoms with van der Waals surface area (Å²) in [6.07, 6.45) is -1.38. The lowest BCUT2D eigenvalue weighted by atomic mass is 10.0. The second-order valence-corrected chi connectivity index (χ2v) is 8.27. The summed E-state index contributed by atoms with van der Waals surface area (Å²) >= 11 is 1.30. The lowest BCUT2D eigenvalue weighted by Crippen LogP contribution is -2.50. The van der Waals surface area contributed by atoms with Gasteiger partial charge in [-0.05, 0) is 38.1 Å². The maximum absolute atomic E-state index is 13.2. The van der Waals surface area contributed by atoms with Crippen molar-refractivity contribution in [1.29, 1.82) is 0 Å². The van der Waals surface area contributed by atoms with E-state index < -0.39 is 17.3 Å². The molecule has 1 aliphatic rings. The number of carbonyl (C=O) groups excluding carboxylic acids is 1. The molecule has 0 radical (unpaired) electrons. The van der Waals surface area contributed by atoms with Gasteiger partial charge < -0.3 is 9.64 Å². The van der Waals surface area contributed by atoms with Gasteiger partial charge in [0.25, 0.3) is 0 Å². The maximum Gasteiger partial charge on any atom is 0.416 e. The average molecular weight is 434 g/mol. The largest absolute Gasteiger partial charge is 0.484 e. The molecule has 10 heteroatoms. The number of benzene rings is 1. The van der Waals surface area contributed by atoms with Crippen molar-refractivity contribution < 1.29 is 22.7 Å². The van der Waals surface area contributed by atoms with Crippen LogP contribution in [-0.4, -0.2) is 33.0 Å². The van der Waals surface area contributed by atoms with Crippen LogP contribution < -0.4 is 9.64 Å². The van der Waals surface area contributed by atoms with Crippen LogP contribution in [0.3, 0.4) is 0 Å². The van der Waals surface area contributed by atoms with Crippen molar-refractivity contribution in [1.82, 2.24) is 15.0 Å². The average Bonchev–Trinajstić information content (AvgIpc) is 3.14. The van der Waals surface area contributed by atoms with Gasteiger partial charge in [-0.2, -0.15) is 13.2 Å². The van der Waals surface area contributed by atoms with Crippen molar-refractivity contribution >= 4 is 22.9 Å². The van der Waals surface area contributed by atoms with E-state index in [0.717, 1.165) is 12.1 Å². The molecular weight excluding hydrogens is 417 g/mol. The number of anilines is 1. The summed E-state index contributed by atoms with van der Waals surface area (Å²) in [6, 6.07) is 4.85. The summed E-state index contributed by atoms with van der Waals surface area (Å²) in [4.78, 5) is 27.0. The Morgan fingerprint density at radius 2 is 2.00 bits per heavy atom. The van der Waals surface area contributed by atoms with E-state index >= 15 is 0 Å². The molecule has 3 heterocycles. The van der Waals surface area contributed by atoms with E-state index in [4.69, 9.17) is 4.74 Å². The van der Waals surface area contributed by atoms with Gasteiger partial charge in [-0.15, -0.1) is 11.3 Å². The summed E-state index contributed by atoms with van der Waals surface area (Å²) in [5.41, 5.74) is -0.964. The fraction of sp³-hybridized carbons (Fsp3) is 0.300. The molecule has 6 nitrogen and oxygen atoms in total. The number of ether oxygens (including phenoxy) is 1. The van der Waals surface area contributed by atoms with Crippen LogP contribution in [-0.2, 0) is 17.4 Å². The van der Waals surface area contributed by atoms with E-state index in [9.17, 15) is 18.0 Å². The lowest BCUT2D eigenvalue weighted by molar-refractivity contribution is -0.137. The van der Waals surface area contributed by atoms with Crippen LogP contribution >= 0.6 is 11.3 Å². The van der Waals surface area contributed by atoms with Crippen molar-refractivity contribution in [3.63, 3.8) is 0 Å². The highest BCUT2D eigenvalue weighted by Crippen LogP contribution is 2.41. The molecule has 1 amide bonds. The molecular formula is C20H17F3N4O2S. The molecule has 0 aliphatic carbocycles. The number of alkyl halides is 3. The van der Waals surface area contributed by atoms with Gasteiger partial charge in [0.1, 0.15) is 11.4 Å². The van der Waals surface area contributed by atoms with Gasteiger partial charge in [0.15, 0.2) is 10.8 Å². The van der Waals surface area contributed by atoms with Gasteiger partial charge in [0.05, 0.1) is 29.9 Å². The summed E-state index contributed by atoms with van der Waals surface area (Å²) in [7, 11) is 0. The molecule has 0 N–H and O–H groups in total. The highest BCUT2D eigenvalue weighted by atomic mass is 32.1. The summed E-state index contributed by atoms with van der Waals surface area (Å²) in [5, 5.41) is 2.29. The fourth-order valence-corrected chi connectivity index (χ4v) is 3.92. The molecule has 30 heavy (non-hydrogen) atoms. The van der Waals surface area contributed by atoms with Gasteiger partial charge >= 0.3 is 6.18 Å². The third kappa shape index (κ3) is 4.13. The fourth-order valence-electron chi connectivity index (χ4n) is 3.16. The molecule has 0 unspecified atom stereocenters. The Balaban J connectivity index is 1.62. The van der Waals surface area contributed by atoms with Crippen molar-refractivity contribution in [2.24, 2.45) is 0 Å². The first kappa shape index (κ1) is 20.3. The predicted octanol–water partition coefficient (Wildman–Crippen LogP) is 4.37. The van der Waals surface area contributed by atoms with Gasteiger partial charge in [-0.1, -0.05) is 0 Å². The van der Waals surface area contributed by atoms with Crippen molar-refractivity contribution in [2.75, 3.05) is 11.4 Å². The number of thiazole rings is 1. The number of fused-ring (bicyclic) bond motifs is 1. The van der Waals surface area contributed by atoms with Gasteiger partial charge in [-0.3, -0.25) is 4.79 Å². The molecule has 3 aromatic rings. The number of aromatic nitrogens is 3. The van der Waals surface area contributed by atoms with Crippen LogP contribution in [0, 0.1) is 0 Å². The van der Waals surface area contributed by atoms with Crippen molar-refractivity contribution in [2.45, 2.75) is 32.0 Å².